The molecule has 0 atom stereocenters. The third-order valence-electron chi connectivity index (χ3n) is 4.41. The van der Waals surface area contributed by atoms with Crippen molar-refractivity contribution in [1.29, 1.82) is 0 Å². The molecule has 2 aromatic rings. The average Bonchev–Trinajstić information content (AvgIpc) is 2.66. The van der Waals surface area contributed by atoms with E-state index in [0.29, 0.717) is 28.6 Å². The fourth-order valence-corrected chi connectivity index (χ4v) is 3.40. The summed E-state index contributed by atoms with van der Waals surface area (Å²) in [6, 6.07) is 13.3. The lowest BCUT2D eigenvalue weighted by Crippen LogP contribution is -2.35. The van der Waals surface area contributed by atoms with Gasteiger partial charge in [0.1, 0.15) is 0 Å². The van der Waals surface area contributed by atoms with Gasteiger partial charge in [0.15, 0.2) is 0 Å². The van der Waals surface area contributed by atoms with Gasteiger partial charge in [-0.3, -0.25) is 9.69 Å². The van der Waals surface area contributed by atoms with E-state index in [9.17, 15) is 4.79 Å². The average molecular weight is 393 g/mol. The minimum Gasteiger partial charge on any atom is -0.379 e. The Morgan fingerprint density at radius 2 is 1.88 bits per heavy atom. The van der Waals surface area contributed by atoms with Gasteiger partial charge in [0.05, 0.1) is 23.3 Å². The highest BCUT2D eigenvalue weighted by molar-refractivity contribution is 6.42. The van der Waals surface area contributed by atoms with Crippen molar-refractivity contribution in [2.24, 2.45) is 0 Å². The van der Waals surface area contributed by atoms with E-state index in [1.54, 1.807) is 6.07 Å². The van der Waals surface area contributed by atoms with Gasteiger partial charge in [0, 0.05) is 31.7 Å². The first kappa shape index (κ1) is 19.2. The minimum atomic E-state index is -0.0769. The number of morpholine rings is 1. The number of nitrogens with one attached hydrogen (secondary N) is 1. The SMILES string of the molecule is O=C(NCCc1cccc(Cl)c1Cl)c1cccc(CN2CCOCC2)c1. The standard InChI is InChI=1S/C20H22Cl2N2O2/c21-18-6-2-4-16(19(18)22)7-8-23-20(25)17-5-1-3-15(13-17)14-24-9-11-26-12-10-24/h1-6,13H,7-12,14H2,(H,23,25). The van der Waals surface area contributed by atoms with E-state index in [4.69, 9.17) is 27.9 Å². The second-order valence-electron chi connectivity index (χ2n) is 6.31. The Bertz CT molecular complexity index is 761. The van der Waals surface area contributed by atoms with Crippen LogP contribution >= 0.6 is 23.2 Å². The molecule has 1 aliphatic heterocycles. The minimum absolute atomic E-state index is 0.0769. The van der Waals surface area contributed by atoms with Gasteiger partial charge in [0.2, 0.25) is 0 Å². The molecule has 3 rings (SSSR count). The molecule has 6 heteroatoms. The maximum absolute atomic E-state index is 12.4. The van der Waals surface area contributed by atoms with Crippen LogP contribution in [0, 0.1) is 0 Å². The highest BCUT2D eigenvalue weighted by Crippen LogP contribution is 2.25. The topological polar surface area (TPSA) is 41.6 Å². The number of carbonyl (C=O) groups is 1. The molecule has 1 N–H and O–H groups in total. The van der Waals surface area contributed by atoms with Crippen LogP contribution in [0.15, 0.2) is 42.5 Å². The molecule has 0 radical (unpaired) electrons. The third-order valence-corrected chi connectivity index (χ3v) is 5.27. The highest BCUT2D eigenvalue weighted by atomic mass is 35.5. The van der Waals surface area contributed by atoms with Gasteiger partial charge in [-0.15, -0.1) is 0 Å². The second kappa shape index (κ2) is 9.38. The smallest absolute Gasteiger partial charge is 0.251 e. The summed E-state index contributed by atoms with van der Waals surface area (Å²) >= 11 is 12.2. The Labute approximate surface area is 164 Å². The number of carbonyl (C=O) groups excluding carboxylic acids is 1. The van der Waals surface area contributed by atoms with Crippen molar-refractivity contribution in [1.82, 2.24) is 10.2 Å². The first-order valence-electron chi connectivity index (χ1n) is 8.73. The first-order chi connectivity index (χ1) is 12.6. The van der Waals surface area contributed by atoms with Crippen molar-refractivity contribution in [3.63, 3.8) is 0 Å². The summed E-state index contributed by atoms with van der Waals surface area (Å²) in [6.07, 6.45) is 0.638. The van der Waals surface area contributed by atoms with E-state index < -0.39 is 0 Å². The van der Waals surface area contributed by atoms with Gasteiger partial charge >= 0.3 is 0 Å². The van der Waals surface area contributed by atoms with E-state index in [2.05, 4.69) is 16.3 Å². The Morgan fingerprint density at radius 3 is 2.69 bits per heavy atom. The molecule has 0 unspecified atom stereocenters. The number of ether oxygens (including phenoxy) is 1. The maximum Gasteiger partial charge on any atom is 0.251 e. The van der Waals surface area contributed by atoms with Gasteiger partial charge in [-0.1, -0.05) is 47.5 Å². The van der Waals surface area contributed by atoms with Crippen molar-refractivity contribution < 1.29 is 9.53 Å². The summed E-state index contributed by atoms with van der Waals surface area (Å²) in [5.41, 5.74) is 2.74. The zero-order valence-corrected chi connectivity index (χ0v) is 16.0. The summed E-state index contributed by atoms with van der Waals surface area (Å²) in [5.74, 6) is -0.0769. The van der Waals surface area contributed by atoms with Crippen LogP contribution < -0.4 is 5.32 Å². The van der Waals surface area contributed by atoms with Crippen LogP contribution in [0.5, 0.6) is 0 Å². The summed E-state index contributed by atoms with van der Waals surface area (Å²) in [6.45, 7) is 4.74. The number of hydrogen-bond donors (Lipinski definition) is 1. The van der Waals surface area contributed by atoms with Crippen LogP contribution in [0.4, 0.5) is 0 Å². The fraction of sp³-hybridized carbons (Fsp3) is 0.350. The van der Waals surface area contributed by atoms with Crippen LogP contribution in [0.1, 0.15) is 21.5 Å². The number of hydrogen-bond acceptors (Lipinski definition) is 3. The molecule has 1 amide bonds. The van der Waals surface area contributed by atoms with Crippen molar-refractivity contribution in [2.45, 2.75) is 13.0 Å². The van der Waals surface area contributed by atoms with Crippen molar-refractivity contribution >= 4 is 29.1 Å². The predicted molar refractivity (Wildman–Crippen MR) is 105 cm³/mol. The molecule has 1 heterocycles. The lowest BCUT2D eigenvalue weighted by Gasteiger charge is -2.26. The van der Waals surface area contributed by atoms with Crippen LogP contribution in [-0.2, 0) is 17.7 Å². The van der Waals surface area contributed by atoms with Crippen molar-refractivity contribution in [2.75, 3.05) is 32.8 Å². The Kier molecular flexibility index (Phi) is 6.92. The highest BCUT2D eigenvalue weighted by Gasteiger charge is 2.12. The molecule has 0 bridgehead atoms. The summed E-state index contributed by atoms with van der Waals surface area (Å²) in [7, 11) is 0. The van der Waals surface area contributed by atoms with Crippen molar-refractivity contribution in [3.05, 3.63) is 69.2 Å². The normalized spacial score (nSPS) is 15.0. The zero-order chi connectivity index (χ0) is 18.4. The molecule has 0 aromatic heterocycles. The second-order valence-corrected chi connectivity index (χ2v) is 7.09. The molecule has 138 valence electrons. The lowest BCUT2D eigenvalue weighted by atomic mass is 10.1. The Morgan fingerprint density at radius 1 is 1.12 bits per heavy atom. The molecule has 1 saturated heterocycles. The van der Waals surface area contributed by atoms with E-state index >= 15 is 0 Å². The van der Waals surface area contributed by atoms with E-state index in [1.165, 1.54) is 0 Å². The number of nitrogens with zero attached hydrogens (tertiary/aromatic N) is 1. The van der Waals surface area contributed by atoms with Crippen LogP contribution in [0.2, 0.25) is 10.0 Å². The molecule has 26 heavy (non-hydrogen) atoms. The largest absolute Gasteiger partial charge is 0.379 e. The Balaban J connectivity index is 1.54. The first-order valence-corrected chi connectivity index (χ1v) is 9.49. The number of rotatable bonds is 6. The number of amides is 1. The zero-order valence-electron chi connectivity index (χ0n) is 14.5. The predicted octanol–water partition coefficient (Wildman–Crippen LogP) is 3.80. The quantitative estimate of drug-likeness (QED) is 0.812. The third kappa shape index (κ3) is 5.21. The molecule has 0 saturated carbocycles. The molecular formula is C20H22Cl2N2O2. The van der Waals surface area contributed by atoms with Gasteiger partial charge in [-0.05, 0) is 35.7 Å². The van der Waals surface area contributed by atoms with Gasteiger partial charge in [-0.25, -0.2) is 0 Å². The van der Waals surface area contributed by atoms with Crippen LogP contribution in [-0.4, -0.2) is 43.7 Å². The van der Waals surface area contributed by atoms with Gasteiger partial charge in [0.25, 0.3) is 5.91 Å². The van der Waals surface area contributed by atoms with E-state index in [0.717, 1.165) is 44.0 Å². The summed E-state index contributed by atoms with van der Waals surface area (Å²) in [4.78, 5) is 14.8. The molecule has 0 aliphatic carbocycles. The molecule has 2 aromatic carbocycles. The van der Waals surface area contributed by atoms with Crippen LogP contribution in [0.25, 0.3) is 0 Å². The molecule has 1 aliphatic rings. The number of halogens is 2. The number of benzene rings is 2. The molecule has 0 spiro atoms. The summed E-state index contributed by atoms with van der Waals surface area (Å²) in [5, 5.41) is 4.04. The fourth-order valence-electron chi connectivity index (χ4n) is 2.98. The van der Waals surface area contributed by atoms with E-state index in [-0.39, 0.29) is 5.91 Å². The summed E-state index contributed by atoms with van der Waals surface area (Å²) < 4.78 is 5.37. The van der Waals surface area contributed by atoms with E-state index in [1.807, 2.05) is 30.3 Å². The maximum atomic E-state index is 12.4. The van der Waals surface area contributed by atoms with Gasteiger partial charge in [-0.2, -0.15) is 0 Å². The van der Waals surface area contributed by atoms with Crippen molar-refractivity contribution in [3.8, 4) is 0 Å². The monoisotopic (exact) mass is 392 g/mol. The molecule has 4 nitrogen and oxygen atoms in total. The molecular weight excluding hydrogens is 371 g/mol. The Hall–Kier alpha value is -1.59. The molecule has 1 fully saturated rings. The van der Waals surface area contributed by atoms with Crippen LogP contribution in [0.3, 0.4) is 0 Å². The van der Waals surface area contributed by atoms with Gasteiger partial charge < -0.3 is 10.1 Å². The lowest BCUT2D eigenvalue weighted by molar-refractivity contribution is 0.0342.